The zero-order chi connectivity index (χ0) is 37.0. The van der Waals surface area contributed by atoms with Gasteiger partial charge in [0.05, 0.1) is 21.6 Å². The van der Waals surface area contributed by atoms with Crippen LogP contribution in [0.25, 0.3) is 11.0 Å². The fourth-order valence-corrected chi connectivity index (χ4v) is 10.1. The van der Waals surface area contributed by atoms with E-state index in [1.807, 2.05) is 24.3 Å². The van der Waals surface area contributed by atoms with E-state index in [2.05, 4.69) is 22.5 Å². The molecule has 278 valence electrons. The molecule has 4 heterocycles. The smallest absolute Gasteiger partial charge is 0.339 e. The molecule has 0 unspecified atom stereocenters. The van der Waals surface area contributed by atoms with Crippen LogP contribution in [-0.2, 0) is 15.4 Å². The first kappa shape index (κ1) is 36.8. The van der Waals surface area contributed by atoms with Gasteiger partial charge < -0.3 is 9.47 Å². The number of aryl methyl sites for hydroxylation is 1. The number of alkyl halides is 3. The number of hydrogen-bond acceptors (Lipinski definition) is 5. The van der Waals surface area contributed by atoms with E-state index in [9.17, 15) is 35.2 Å². The summed E-state index contributed by atoms with van der Waals surface area (Å²) in [6.07, 6.45) is 1.03. The molecule has 3 fully saturated rings. The molecule has 15 heteroatoms. The van der Waals surface area contributed by atoms with Crippen LogP contribution < -0.4 is 4.72 Å². The van der Waals surface area contributed by atoms with Crippen LogP contribution in [0.2, 0.25) is 5.02 Å². The summed E-state index contributed by atoms with van der Waals surface area (Å²) in [6, 6.07) is 17.2. The lowest BCUT2D eigenvalue weighted by Gasteiger charge is -2.45. The highest BCUT2D eigenvalue weighted by Crippen LogP contribution is 2.45. The number of imidazole rings is 1. The molecule has 3 saturated heterocycles. The highest BCUT2D eigenvalue weighted by atomic mass is 35.5. The number of carbonyl (C=O) groups excluding carboxylic acids is 1. The van der Waals surface area contributed by atoms with Gasteiger partial charge in [-0.15, -0.1) is 0 Å². The first-order chi connectivity index (χ1) is 24.6. The standard InChI is InChI=1S/C37H39ClF5N5O3S/c1-23-45-32-7-2-3-8-33(32)48(23)28-18-26-9-10-27(19-28)47(26)16-13-36(24-5-4-6-25(39)17-24)11-14-46(15-12-36)35(49)29-20-34(31(40)21-30(29)38)52(50,51)44-22-37(41,42)43/h2-8,17,20-21,26-28,44H,9-16,18-19,22H2,1H3/t26-,27+,28+. The molecule has 4 aromatic rings. The van der Waals surface area contributed by atoms with Crippen molar-refractivity contribution in [2.45, 2.75) is 86.5 Å². The third-order valence-corrected chi connectivity index (χ3v) is 13.0. The minimum Gasteiger partial charge on any atom is -0.339 e. The molecule has 7 rings (SSSR count). The summed E-state index contributed by atoms with van der Waals surface area (Å²) >= 11 is 6.20. The van der Waals surface area contributed by atoms with Crippen LogP contribution in [-0.4, -0.2) is 78.1 Å². The second-order valence-corrected chi connectivity index (χ2v) is 16.4. The van der Waals surface area contributed by atoms with Gasteiger partial charge in [0, 0.05) is 31.2 Å². The van der Waals surface area contributed by atoms with Gasteiger partial charge in [-0.2, -0.15) is 13.2 Å². The average Bonchev–Trinajstić information content (AvgIpc) is 3.56. The number of likely N-dealkylation sites (tertiary alicyclic amines) is 1. The van der Waals surface area contributed by atoms with Crippen LogP contribution in [0.15, 0.2) is 65.6 Å². The van der Waals surface area contributed by atoms with Crippen molar-refractivity contribution in [3.8, 4) is 0 Å². The number of halogens is 6. The molecule has 1 N–H and O–H groups in total. The molecule has 52 heavy (non-hydrogen) atoms. The minimum absolute atomic E-state index is 0.222. The number of benzene rings is 3. The third-order valence-electron chi connectivity index (χ3n) is 11.3. The summed E-state index contributed by atoms with van der Waals surface area (Å²) in [7, 11) is -4.96. The summed E-state index contributed by atoms with van der Waals surface area (Å²) in [5, 5.41) is -0.364. The predicted octanol–water partition coefficient (Wildman–Crippen LogP) is 7.55. The number of nitrogens with one attached hydrogen (secondary N) is 1. The van der Waals surface area contributed by atoms with E-state index >= 15 is 0 Å². The largest absolute Gasteiger partial charge is 0.402 e. The molecule has 0 spiro atoms. The Morgan fingerprint density at radius 3 is 2.35 bits per heavy atom. The Hall–Kier alpha value is -3.59. The van der Waals surface area contributed by atoms with Crippen molar-refractivity contribution in [1.82, 2.24) is 24.1 Å². The van der Waals surface area contributed by atoms with Crippen LogP contribution in [0.4, 0.5) is 22.0 Å². The second kappa shape index (κ2) is 14.0. The maximum absolute atomic E-state index is 14.7. The van der Waals surface area contributed by atoms with E-state index in [1.165, 1.54) is 15.7 Å². The van der Waals surface area contributed by atoms with Crippen molar-refractivity contribution in [3.05, 3.63) is 94.3 Å². The van der Waals surface area contributed by atoms with Crippen molar-refractivity contribution >= 4 is 38.6 Å². The van der Waals surface area contributed by atoms with Crippen molar-refractivity contribution < 1.29 is 35.2 Å². The van der Waals surface area contributed by atoms with E-state index in [0.29, 0.717) is 43.1 Å². The zero-order valence-corrected chi connectivity index (χ0v) is 30.0. The van der Waals surface area contributed by atoms with E-state index in [4.69, 9.17) is 16.6 Å². The number of hydrogen-bond donors (Lipinski definition) is 1. The summed E-state index contributed by atoms with van der Waals surface area (Å²) < 4.78 is 96.4. The van der Waals surface area contributed by atoms with Gasteiger partial charge in [0.25, 0.3) is 5.91 Å². The molecule has 3 aromatic carbocycles. The van der Waals surface area contributed by atoms with Crippen molar-refractivity contribution in [2.24, 2.45) is 0 Å². The highest BCUT2D eigenvalue weighted by Gasteiger charge is 2.44. The fourth-order valence-electron chi connectivity index (χ4n) is 8.75. The van der Waals surface area contributed by atoms with Crippen LogP contribution in [0.3, 0.4) is 0 Å². The number of fused-ring (bicyclic) bond motifs is 3. The average molecular weight is 764 g/mol. The number of carbonyl (C=O) groups is 1. The van der Waals surface area contributed by atoms with E-state index in [0.717, 1.165) is 61.1 Å². The molecule has 1 aromatic heterocycles. The highest BCUT2D eigenvalue weighted by molar-refractivity contribution is 7.89. The van der Waals surface area contributed by atoms with Gasteiger partial charge in [0.2, 0.25) is 10.0 Å². The zero-order valence-electron chi connectivity index (χ0n) is 28.5. The molecule has 8 nitrogen and oxygen atoms in total. The first-order valence-corrected chi connectivity index (χ1v) is 19.3. The van der Waals surface area contributed by atoms with Gasteiger partial charge in [0.15, 0.2) is 0 Å². The maximum Gasteiger partial charge on any atom is 0.402 e. The van der Waals surface area contributed by atoms with Gasteiger partial charge in [-0.3, -0.25) is 9.69 Å². The quantitative estimate of drug-likeness (QED) is 0.178. The molecule has 0 saturated carbocycles. The fraction of sp³-hybridized carbons (Fsp3) is 0.459. The number of aromatic nitrogens is 2. The first-order valence-electron chi connectivity index (χ1n) is 17.4. The van der Waals surface area contributed by atoms with Gasteiger partial charge in [-0.05, 0) is 106 Å². The summed E-state index contributed by atoms with van der Waals surface area (Å²) in [4.78, 5) is 21.5. The Balaban J connectivity index is 1.07. The molecule has 0 radical (unpaired) electrons. The summed E-state index contributed by atoms with van der Waals surface area (Å²) in [5.41, 5.74) is 2.19. The van der Waals surface area contributed by atoms with Crippen molar-refractivity contribution in [3.63, 3.8) is 0 Å². The summed E-state index contributed by atoms with van der Waals surface area (Å²) in [5.74, 6) is -1.40. The number of sulfonamides is 1. The Morgan fingerprint density at radius 2 is 1.67 bits per heavy atom. The second-order valence-electron chi connectivity index (χ2n) is 14.3. The number of para-hydroxylation sites is 2. The lowest BCUT2D eigenvalue weighted by Crippen LogP contribution is -2.49. The van der Waals surface area contributed by atoms with Gasteiger partial charge in [-0.25, -0.2) is 26.9 Å². The van der Waals surface area contributed by atoms with Crippen LogP contribution in [0.5, 0.6) is 0 Å². The summed E-state index contributed by atoms with van der Waals surface area (Å²) in [6.45, 7) is 1.40. The monoisotopic (exact) mass is 763 g/mol. The topological polar surface area (TPSA) is 87.5 Å². The molecular formula is C37H39ClF5N5O3S. The third kappa shape index (κ3) is 7.19. The van der Waals surface area contributed by atoms with Gasteiger partial charge >= 0.3 is 6.18 Å². The van der Waals surface area contributed by atoms with Crippen LogP contribution in [0, 0.1) is 18.6 Å². The van der Waals surface area contributed by atoms with Crippen LogP contribution in [0.1, 0.15) is 72.7 Å². The molecular weight excluding hydrogens is 725 g/mol. The molecule has 0 aliphatic carbocycles. The molecule has 3 aliphatic rings. The number of nitrogens with zero attached hydrogens (tertiary/aromatic N) is 4. The minimum atomic E-state index is -4.96. The Morgan fingerprint density at radius 1 is 0.981 bits per heavy atom. The lowest BCUT2D eigenvalue weighted by molar-refractivity contribution is -0.121. The molecule has 2 bridgehead atoms. The molecule has 3 aliphatic heterocycles. The van der Waals surface area contributed by atoms with Gasteiger partial charge in [-0.1, -0.05) is 35.9 Å². The molecule has 3 atom stereocenters. The van der Waals surface area contributed by atoms with E-state index < -0.39 is 44.8 Å². The number of rotatable bonds is 9. The SMILES string of the molecule is Cc1nc2ccccc2n1[C@H]1C[C@H]2CC[C@@H](C1)N2CCC1(c2cccc(F)c2)CCN(C(=O)c2cc(S(=O)(=O)NCC(F)(F)F)c(F)cc2Cl)CC1. The van der Waals surface area contributed by atoms with Crippen LogP contribution >= 0.6 is 11.6 Å². The number of piperidine rings is 2. The predicted molar refractivity (Wildman–Crippen MR) is 187 cm³/mol. The lowest BCUT2D eigenvalue weighted by atomic mass is 9.70. The van der Waals surface area contributed by atoms with Gasteiger partial charge in [0.1, 0.15) is 28.9 Å². The Labute approximate surface area is 304 Å². The number of amides is 1. The van der Waals surface area contributed by atoms with Crippen molar-refractivity contribution in [1.29, 1.82) is 0 Å². The Bertz CT molecular complexity index is 2090. The Kier molecular flexibility index (Phi) is 9.89. The van der Waals surface area contributed by atoms with Crippen molar-refractivity contribution in [2.75, 3.05) is 26.2 Å². The van der Waals surface area contributed by atoms with E-state index in [-0.39, 0.29) is 29.5 Å². The molecule has 1 amide bonds. The van der Waals surface area contributed by atoms with E-state index in [1.54, 1.807) is 12.1 Å². The maximum atomic E-state index is 14.7. The normalized spacial score (nSPS) is 22.3.